The van der Waals surface area contributed by atoms with Crippen LogP contribution in [0.25, 0.3) is 11.3 Å². The molecule has 2 aliphatic heterocycles. The predicted octanol–water partition coefficient (Wildman–Crippen LogP) is 5.01. The lowest BCUT2D eigenvalue weighted by Gasteiger charge is -2.35. The van der Waals surface area contributed by atoms with E-state index in [0.717, 1.165) is 71.2 Å². The monoisotopic (exact) mass is 575 g/mol. The molecule has 3 aromatic rings. The minimum atomic E-state index is -0.655. The minimum Gasteiger partial charge on any atom is -0.488 e. The fourth-order valence-corrected chi connectivity index (χ4v) is 7.63. The van der Waals surface area contributed by atoms with Gasteiger partial charge in [-0.3, -0.25) is 9.59 Å². The lowest BCUT2D eigenvalue weighted by atomic mass is 9.85. The SMILES string of the molecule is Cc1ccc(OCc2ccc(C(=O)N3CC[C@@H](CO)C3)cc2C)c(-c2csc(N3C[C@H]4CC[C@@H](C3)[C@H]4C(=O)O)n2)c1. The number of carboxylic acids is 1. The largest absolute Gasteiger partial charge is 0.488 e. The molecular weight excluding hydrogens is 538 g/mol. The van der Waals surface area contributed by atoms with Crippen molar-refractivity contribution < 1.29 is 24.5 Å². The summed E-state index contributed by atoms with van der Waals surface area (Å²) in [7, 11) is 0. The number of nitrogens with zero attached hydrogens (tertiary/aromatic N) is 3. The summed E-state index contributed by atoms with van der Waals surface area (Å²) in [5.41, 5.74) is 5.59. The van der Waals surface area contributed by atoms with Gasteiger partial charge >= 0.3 is 5.97 Å². The highest BCUT2D eigenvalue weighted by Gasteiger charge is 2.46. The number of ether oxygens (including phenoxy) is 1. The van der Waals surface area contributed by atoms with Gasteiger partial charge in [-0.15, -0.1) is 11.3 Å². The third-order valence-corrected chi connectivity index (χ3v) is 10.00. The number of aliphatic carboxylic acids is 1. The van der Waals surface area contributed by atoms with E-state index in [1.54, 1.807) is 11.3 Å². The number of fused-ring (bicyclic) bond motifs is 2. The second-order valence-corrected chi connectivity index (χ2v) is 12.7. The molecule has 1 amide bonds. The number of thiazole rings is 1. The van der Waals surface area contributed by atoms with Crippen LogP contribution in [0.4, 0.5) is 5.13 Å². The van der Waals surface area contributed by atoms with Crippen molar-refractivity contribution in [3.8, 4) is 17.0 Å². The van der Waals surface area contributed by atoms with Crippen molar-refractivity contribution in [3.05, 3.63) is 64.0 Å². The first-order chi connectivity index (χ1) is 19.8. The summed E-state index contributed by atoms with van der Waals surface area (Å²) < 4.78 is 6.34. The average Bonchev–Trinajstić information content (AvgIpc) is 3.70. The van der Waals surface area contributed by atoms with Crippen molar-refractivity contribution in [3.63, 3.8) is 0 Å². The maximum Gasteiger partial charge on any atom is 0.307 e. The number of aliphatic hydroxyl groups is 1. The Morgan fingerprint density at radius 1 is 1.05 bits per heavy atom. The van der Waals surface area contributed by atoms with E-state index in [1.165, 1.54) is 0 Å². The molecule has 2 bridgehead atoms. The van der Waals surface area contributed by atoms with Crippen LogP contribution in [-0.4, -0.2) is 64.8 Å². The number of aromatic nitrogens is 1. The van der Waals surface area contributed by atoms with Gasteiger partial charge in [0.05, 0.1) is 11.6 Å². The molecule has 6 rings (SSSR count). The van der Waals surface area contributed by atoms with Crippen LogP contribution in [0.5, 0.6) is 5.75 Å². The number of benzene rings is 2. The number of piperidine rings is 1. The van der Waals surface area contributed by atoms with E-state index >= 15 is 0 Å². The van der Waals surface area contributed by atoms with Crippen LogP contribution in [0.2, 0.25) is 0 Å². The Kier molecular flexibility index (Phi) is 7.74. The third-order valence-electron chi connectivity index (χ3n) is 9.10. The molecule has 1 saturated carbocycles. The van der Waals surface area contributed by atoms with Crippen LogP contribution in [0.1, 0.15) is 46.3 Å². The van der Waals surface area contributed by atoms with E-state index in [0.29, 0.717) is 25.3 Å². The molecule has 2 N–H and O–H groups in total. The number of carbonyl (C=O) groups excluding carboxylic acids is 1. The Morgan fingerprint density at radius 3 is 2.51 bits per heavy atom. The summed E-state index contributed by atoms with van der Waals surface area (Å²) in [5.74, 6) is 0.434. The van der Waals surface area contributed by atoms with E-state index in [4.69, 9.17) is 9.72 Å². The second-order valence-electron chi connectivity index (χ2n) is 11.9. The molecule has 4 atom stereocenters. The van der Waals surface area contributed by atoms with E-state index in [-0.39, 0.29) is 36.2 Å². The van der Waals surface area contributed by atoms with E-state index in [2.05, 4.69) is 23.3 Å². The molecular formula is C32H37N3O5S. The fraction of sp³-hybridized carbons (Fsp3) is 0.469. The van der Waals surface area contributed by atoms with Gasteiger partial charge in [0, 0.05) is 55.2 Å². The molecule has 41 heavy (non-hydrogen) atoms. The molecule has 2 aromatic carbocycles. The molecule has 0 spiro atoms. The molecule has 2 saturated heterocycles. The van der Waals surface area contributed by atoms with Crippen LogP contribution in [0.3, 0.4) is 0 Å². The number of carboxylic acid groups (broad SMARTS) is 1. The van der Waals surface area contributed by atoms with Crippen LogP contribution in [-0.2, 0) is 11.4 Å². The zero-order chi connectivity index (χ0) is 28.7. The molecule has 3 aliphatic rings. The summed E-state index contributed by atoms with van der Waals surface area (Å²) in [6.45, 7) is 7.33. The van der Waals surface area contributed by atoms with Gasteiger partial charge in [0.25, 0.3) is 5.91 Å². The normalized spacial score (nSPS) is 23.7. The molecule has 3 fully saturated rings. The number of anilines is 1. The van der Waals surface area contributed by atoms with Gasteiger partial charge in [-0.05, 0) is 80.3 Å². The number of likely N-dealkylation sites (tertiary alicyclic amines) is 1. The zero-order valence-corrected chi connectivity index (χ0v) is 24.4. The lowest BCUT2D eigenvalue weighted by Crippen LogP contribution is -2.44. The highest BCUT2D eigenvalue weighted by atomic mass is 32.1. The Bertz CT molecular complexity index is 1440. The number of hydrogen-bond donors (Lipinski definition) is 2. The number of amides is 1. The maximum absolute atomic E-state index is 13.0. The average molecular weight is 576 g/mol. The number of hydrogen-bond acceptors (Lipinski definition) is 7. The first-order valence-corrected chi connectivity index (χ1v) is 15.4. The van der Waals surface area contributed by atoms with Gasteiger partial charge in [0.1, 0.15) is 12.4 Å². The summed E-state index contributed by atoms with van der Waals surface area (Å²) in [6.07, 6.45) is 2.79. The molecule has 1 aromatic heterocycles. The maximum atomic E-state index is 13.0. The summed E-state index contributed by atoms with van der Waals surface area (Å²) in [6, 6.07) is 11.9. The van der Waals surface area contributed by atoms with Gasteiger partial charge < -0.3 is 24.7 Å². The number of aryl methyl sites for hydroxylation is 2. The lowest BCUT2D eigenvalue weighted by molar-refractivity contribution is -0.144. The van der Waals surface area contributed by atoms with E-state index in [9.17, 15) is 19.8 Å². The highest BCUT2D eigenvalue weighted by Crippen LogP contribution is 2.44. The zero-order valence-electron chi connectivity index (χ0n) is 23.6. The second kappa shape index (κ2) is 11.4. The van der Waals surface area contributed by atoms with Gasteiger partial charge in [-0.2, -0.15) is 0 Å². The van der Waals surface area contributed by atoms with Crippen molar-refractivity contribution in [1.29, 1.82) is 0 Å². The summed E-state index contributed by atoms with van der Waals surface area (Å²) in [4.78, 5) is 33.8. The predicted molar refractivity (Wildman–Crippen MR) is 158 cm³/mol. The summed E-state index contributed by atoms with van der Waals surface area (Å²) in [5, 5.41) is 22.1. The third kappa shape index (κ3) is 5.57. The van der Waals surface area contributed by atoms with Crippen LogP contribution < -0.4 is 9.64 Å². The van der Waals surface area contributed by atoms with Crippen molar-refractivity contribution in [2.45, 2.75) is 39.7 Å². The van der Waals surface area contributed by atoms with Crippen LogP contribution in [0.15, 0.2) is 41.8 Å². The van der Waals surface area contributed by atoms with E-state index in [1.807, 2.05) is 42.2 Å². The molecule has 0 unspecified atom stereocenters. The summed E-state index contributed by atoms with van der Waals surface area (Å²) >= 11 is 1.60. The van der Waals surface area contributed by atoms with Crippen molar-refractivity contribution in [2.75, 3.05) is 37.7 Å². The Hall–Kier alpha value is -3.43. The molecule has 0 radical (unpaired) electrons. The Morgan fingerprint density at radius 2 is 1.83 bits per heavy atom. The van der Waals surface area contributed by atoms with Gasteiger partial charge in [-0.1, -0.05) is 17.7 Å². The number of aliphatic hydroxyl groups excluding tert-OH is 1. The topological polar surface area (TPSA) is 103 Å². The molecule has 216 valence electrons. The fourth-order valence-electron chi connectivity index (χ4n) is 6.78. The van der Waals surface area contributed by atoms with Crippen LogP contribution >= 0.6 is 11.3 Å². The first kappa shape index (κ1) is 27.7. The Balaban J connectivity index is 1.15. The molecule has 9 heteroatoms. The minimum absolute atomic E-state index is 0.0110. The van der Waals surface area contributed by atoms with Crippen molar-refractivity contribution >= 4 is 28.3 Å². The standard InChI is InChI=1S/C32H37N3O5S/c1-19-3-8-28(40-17-25-7-4-22(12-20(25)2)30(37)34-10-9-21(13-34)16-36)26(11-19)27-18-41-32(33-27)35-14-23-5-6-24(15-35)29(23)31(38)39/h3-4,7-8,11-12,18,21,23-24,29,36H,5-6,9-10,13-17H2,1-2H3,(H,38,39)/t21-,23-,24+,29+/m1/s1. The number of rotatable bonds is 8. The smallest absolute Gasteiger partial charge is 0.307 e. The van der Waals surface area contributed by atoms with Crippen molar-refractivity contribution in [2.24, 2.45) is 23.7 Å². The van der Waals surface area contributed by atoms with Crippen molar-refractivity contribution in [1.82, 2.24) is 9.88 Å². The molecule has 8 nitrogen and oxygen atoms in total. The van der Waals surface area contributed by atoms with E-state index < -0.39 is 5.97 Å². The highest BCUT2D eigenvalue weighted by molar-refractivity contribution is 7.14. The molecule has 3 heterocycles. The number of carbonyl (C=O) groups is 2. The molecule has 1 aliphatic carbocycles. The van der Waals surface area contributed by atoms with Gasteiger partial charge in [-0.25, -0.2) is 4.98 Å². The first-order valence-electron chi connectivity index (χ1n) is 14.5. The van der Waals surface area contributed by atoms with Gasteiger partial charge in [0.2, 0.25) is 0 Å². The van der Waals surface area contributed by atoms with Crippen LogP contribution in [0, 0.1) is 37.5 Å². The van der Waals surface area contributed by atoms with Gasteiger partial charge in [0.15, 0.2) is 5.13 Å². The quantitative estimate of drug-likeness (QED) is 0.389. The Labute approximate surface area is 244 Å².